The van der Waals surface area contributed by atoms with Gasteiger partial charge in [-0.25, -0.2) is 4.79 Å². The third-order valence-electron chi connectivity index (χ3n) is 1.23. The lowest BCUT2D eigenvalue weighted by molar-refractivity contribution is 0.250. The number of primary amides is 1. The lowest BCUT2D eigenvalue weighted by Gasteiger charge is -2.01. The fourth-order valence-corrected chi connectivity index (χ4v) is 0.788. The van der Waals surface area contributed by atoms with Gasteiger partial charge in [-0.1, -0.05) is 13.0 Å². The number of hydrogen-bond donors (Lipinski definition) is 2. The Kier molecular flexibility index (Phi) is 5.69. The van der Waals surface area contributed by atoms with Crippen LogP contribution in [-0.4, -0.2) is 25.8 Å². The number of carbonyl (C=O) groups excluding carboxylic acids is 1. The fourth-order valence-electron chi connectivity index (χ4n) is 0.788. The lowest BCUT2D eigenvalue weighted by Crippen LogP contribution is -2.31. The predicted molar refractivity (Wildman–Crippen MR) is 50.4 cm³/mol. The third kappa shape index (κ3) is 5.46. The van der Waals surface area contributed by atoms with Gasteiger partial charge in [-0.2, -0.15) is 0 Å². The van der Waals surface area contributed by atoms with Crippen molar-refractivity contribution in [2.24, 2.45) is 10.7 Å². The van der Waals surface area contributed by atoms with E-state index in [1.54, 1.807) is 13.3 Å². The topological polar surface area (TPSA) is 67.5 Å². The van der Waals surface area contributed by atoms with Crippen molar-refractivity contribution in [3.05, 3.63) is 11.6 Å². The molecule has 0 rings (SSSR count). The molecule has 4 heteroatoms. The smallest absolute Gasteiger partial charge is 0.312 e. The van der Waals surface area contributed by atoms with Gasteiger partial charge in [-0.15, -0.1) is 0 Å². The number of allylic oxidation sites excluding steroid dienone is 1. The number of carbonyl (C=O) groups is 1. The second-order valence-electron chi connectivity index (χ2n) is 2.29. The van der Waals surface area contributed by atoms with Crippen LogP contribution in [0.2, 0.25) is 0 Å². The minimum absolute atomic E-state index is 0.445. The molecule has 0 aromatic carbocycles. The fraction of sp³-hybridized carbons (Fsp3) is 0.500. The van der Waals surface area contributed by atoms with Gasteiger partial charge in [-0.3, -0.25) is 4.99 Å². The van der Waals surface area contributed by atoms with Gasteiger partial charge in [0.1, 0.15) is 0 Å². The van der Waals surface area contributed by atoms with Crippen molar-refractivity contribution in [1.82, 2.24) is 5.32 Å². The first-order valence-electron chi connectivity index (χ1n) is 3.85. The van der Waals surface area contributed by atoms with E-state index in [0.717, 1.165) is 12.0 Å². The SMILES string of the molecule is CC/C=C(\C=NC)CNC(N)=O. The van der Waals surface area contributed by atoms with E-state index >= 15 is 0 Å². The molecule has 0 spiro atoms. The minimum Gasteiger partial charge on any atom is -0.352 e. The molecule has 0 aliphatic carbocycles. The maximum absolute atomic E-state index is 10.4. The number of rotatable bonds is 4. The first-order chi connectivity index (χ1) is 5.70. The first-order valence-corrected chi connectivity index (χ1v) is 3.85. The Morgan fingerprint density at radius 1 is 1.67 bits per heavy atom. The highest BCUT2D eigenvalue weighted by molar-refractivity contribution is 5.81. The average Bonchev–Trinajstić information content (AvgIpc) is 2.01. The summed E-state index contributed by atoms with van der Waals surface area (Å²) in [5, 5.41) is 2.49. The second-order valence-corrected chi connectivity index (χ2v) is 2.29. The molecule has 2 amide bonds. The van der Waals surface area contributed by atoms with E-state index in [4.69, 9.17) is 5.73 Å². The molecule has 0 aromatic rings. The van der Waals surface area contributed by atoms with Crippen LogP contribution < -0.4 is 11.1 Å². The molecule has 0 saturated carbocycles. The van der Waals surface area contributed by atoms with Crippen LogP contribution in [0.3, 0.4) is 0 Å². The van der Waals surface area contributed by atoms with E-state index in [-0.39, 0.29) is 0 Å². The van der Waals surface area contributed by atoms with Crippen molar-refractivity contribution in [2.45, 2.75) is 13.3 Å². The molecule has 0 aliphatic heterocycles. The van der Waals surface area contributed by atoms with Crippen LogP contribution in [0.1, 0.15) is 13.3 Å². The van der Waals surface area contributed by atoms with Crippen molar-refractivity contribution in [3.8, 4) is 0 Å². The Morgan fingerprint density at radius 3 is 2.75 bits per heavy atom. The Morgan fingerprint density at radius 2 is 2.33 bits per heavy atom. The summed E-state index contributed by atoms with van der Waals surface area (Å²) < 4.78 is 0. The van der Waals surface area contributed by atoms with Gasteiger partial charge in [0, 0.05) is 19.8 Å². The molecule has 0 fully saturated rings. The molecular formula is C8H15N3O. The summed E-state index contributed by atoms with van der Waals surface area (Å²) in [5.41, 5.74) is 5.88. The minimum atomic E-state index is -0.512. The van der Waals surface area contributed by atoms with Crippen LogP contribution in [0.4, 0.5) is 4.79 Å². The van der Waals surface area contributed by atoms with Gasteiger partial charge in [0.15, 0.2) is 0 Å². The molecule has 4 nitrogen and oxygen atoms in total. The van der Waals surface area contributed by atoms with E-state index < -0.39 is 6.03 Å². The highest BCUT2D eigenvalue weighted by atomic mass is 16.2. The van der Waals surface area contributed by atoms with E-state index in [0.29, 0.717) is 6.54 Å². The summed E-state index contributed by atoms with van der Waals surface area (Å²) in [6.45, 7) is 2.47. The van der Waals surface area contributed by atoms with Crippen LogP contribution in [0.25, 0.3) is 0 Å². The number of nitrogens with one attached hydrogen (secondary N) is 1. The number of amides is 2. The van der Waals surface area contributed by atoms with Crippen molar-refractivity contribution < 1.29 is 4.79 Å². The lowest BCUT2D eigenvalue weighted by atomic mass is 10.2. The van der Waals surface area contributed by atoms with E-state index in [2.05, 4.69) is 10.3 Å². The molecule has 0 radical (unpaired) electrons. The summed E-state index contributed by atoms with van der Waals surface area (Å²) in [5.74, 6) is 0. The quantitative estimate of drug-likeness (QED) is 0.597. The predicted octanol–water partition coefficient (Wildman–Crippen LogP) is 0.692. The molecule has 0 atom stereocenters. The van der Waals surface area contributed by atoms with Crippen LogP contribution in [0.5, 0.6) is 0 Å². The summed E-state index contributed by atoms with van der Waals surface area (Å²) >= 11 is 0. The van der Waals surface area contributed by atoms with Crippen molar-refractivity contribution in [3.63, 3.8) is 0 Å². The second kappa shape index (κ2) is 6.39. The zero-order chi connectivity index (χ0) is 9.40. The zero-order valence-corrected chi connectivity index (χ0v) is 7.50. The molecule has 0 heterocycles. The number of hydrogen-bond acceptors (Lipinski definition) is 2. The Labute approximate surface area is 72.6 Å². The maximum atomic E-state index is 10.4. The molecule has 0 saturated heterocycles. The number of aliphatic imine (C=N–C) groups is 1. The standard InChI is InChI=1S/C8H15N3O/c1-3-4-7(5-10-2)6-11-8(9)12/h4-5H,3,6H2,1-2H3,(H3,9,11,12)/b7-4+,10-5?. The molecular weight excluding hydrogens is 154 g/mol. The molecule has 0 unspecified atom stereocenters. The summed E-state index contributed by atoms with van der Waals surface area (Å²) in [6, 6.07) is -0.512. The molecule has 0 aromatic heterocycles. The monoisotopic (exact) mass is 169 g/mol. The van der Waals surface area contributed by atoms with Crippen LogP contribution >= 0.6 is 0 Å². The Bertz CT molecular complexity index is 196. The Hall–Kier alpha value is -1.32. The van der Waals surface area contributed by atoms with Crippen LogP contribution in [-0.2, 0) is 0 Å². The highest BCUT2D eigenvalue weighted by Gasteiger charge is 1.94. The molecule has 68 valence electrons. The summed E-state index contributed by atoms with van der Waals surface area (Å²) in [7, 11) is 1.69. The number of nitrogens with zero attached hydrogens (tertiary/aromatic N) is 1. The molecule has 12 heavy (non-hydrogen) atoms. The normalized spacial score (nSPS) is 12.0. The van der Waals surface area contributed by atoms with Gasteiger partial charge in [-0.05, 0) is 12.0 Å². The maximum Gasteiger partial charge on any atom is 0.312 e. The molecule has 0 bridgehead atoms. The van der Waals surface area contributed by atoms with Crippen LogP contribution in [0, 0.1) is 0 Å². The highest BCUT2D eigenvalue weighted by Crippen LogP contribution is 1.91. The first kappa shape index (κ1) is 10.7. The van der Waals surface area contributed by atoms with Gasteiger partial charge < -0.3 is 11.1 Å². The largest absolute Gasteiger partial charge is 0.352 e. The van der Waals surface area contributed by atoms with Gasteiger partial charge in [0.2, 0.25) is 0 Å². The average molecular weight is 169 g/mol. The van der Waals surface area contributed by atoms with Gasteiger partial charge in [0.05, 0.1) is 0 Å². The number of urea groups is 1. The zero-order valence-electron chi connectivity index (χ0n) is 7.50. The van der Waals surface area contributed by atoms with Crippen molar-refractivity contribution in [2.75, 3.05) is 13.6 Å². The summed E-state index contributed by atoms with van der Waals surface area (Å²) in [6.07, 6.45) is 4.62. The summed E-state index contributed by atoms with van der Waals surface area (Å²) in [4.78, 5) is 14.2. The van der Waals surface area contributed by atoms with E-state index in [9.17, 15) is 4.79 Å². The van der Waals surface area contributed by atoms with E-state index in [1.807, 2.05) is 13.0 Å². The van der Waals surface area contributed by atoms with Crippen molar-refractivity contribution >= 4 is 12.2 Å². The third-order valence-corrected chi connectivity index (χ3v) is 1.23. The van der Waals surface area contributed by atoms with Gasteiger partial charge in [0.25, 0.3) is 0 Å². The van der Waals surface area contributed by atoms with Crippen molar-refractivity contribution in [1.29, 1.82) is 0 Å². The van der Waals surface area contributed by atoms with Crippen LogP contribution in [0.15, 0.2) is 16.6 Å². The molecule has 0 aliphatic rings. The molecule has 3 N–H and O–H groups in total. The van der Waals surface area contributed by atoms with E-state index in [1.165, 1.54) is 0 Å². The Balaban J connectivity index is 3.96. The number of nitrogens with two attached hydrogens (primary N) is 1. The van der Waals surface area contributed by atoms with Gasteiger partial charge >= 0.3 is 6.03 Å².